The maximum absolute atomic E-state index is 12.5. The summed E-state index contributed by atoms with van der Waals surface area (Å²) in [6.45, 7) is 4.43. The molecule has 2 aliphatic rings. The van der Waals surface area contributed by atoms with Crippen molar-refractivity contribution in [2.24, 2.45) is 0 Å². The van der Waals surface area contributed by atoms with E-state index in [-0.39, 0.29) is 30.3 Å². The van der Waals surface area contributed by atoms with Crippen LogP contribution < -0.4 is 5.32 Å². The Hall–Kier alpha value is -2.58. The largest absolute Gasteiger partial charge is 0.337 e. The van der Waals surface area contributed by atoms with Crippen molar-refractivity contribution in [2.75, 3.05) is 26.7 Å². The number of rotatable bonds is 3. The van der Waals surface area contributed by atoms with E-state index in [9.17, 15) is 9.59 Å². The van der Waals surface area contributed by atoms with Crippen LogP contribution in [0, 0.1) is 6.92 Å². The zero-order valence-corrected chi connectivity index (χ0v) is 14.2. The van der Waals surface area contributed by atoms with Crippen molar-refractivity contribution in [3.8, 4) is 0 Å². The number of carbonyl (C=O) groups is 2. The summed E-state index contributed by atoms with van der Waals surface area (Å²) in [5.41, 5.74) is 1.79. The van der Waals surface area contributed by atoms with Gasteiger partial charge >= 0.3 is 0 Å². The number of piperazine rings is 1. The lowest BCUT2D eigenvalue weighted by Crippen LogP contribution is -2.44. The van der Waals surface area contributed by atoms with Crippen molar-refractivity contribution in [1.29, 1.82) is 0 Å². The molecule has 0 bridgehead atoms. The zero-order valence-electron chi connectivity index (χ0n) is 14.2. The molecule has 8 heteroatoms. The number of amides is 2. The highest BCUT2D eigenvalue weighted by molar-refractivity contribution is 6.21. The first-order valence-corrected chi connectivity index (χ1v) is 8.25. The number of nitrogens with zero attached hydrogens (tertiary/aromatic N) is 4. The molecule has 0 aliphatic carbocycles. The lowest BCUT2D eigenvalue weighted by atomic mass is 10.1. The van der Waals surface area contributed by atoms with E-state index in [1.54, 1.807) is 12.1 Å². The van der Waals surface area contributed by atoms with Gasteiger partial charge in [0.1, 0.15) is 6.54 Å². The lowest BCUT2D eigenvalue weighted by molar-refractivity contribution is 0.0625. The van der Waals surface area contributed by atoms with Gasteiger partial charge in [-0.25, -0.2) is 0 Å². The molecule has 0 spiro atoms. The molecule has 4 rings (SSSR count). The molecule has 25 heavy (non-hydrogen) atoms. The molecule has 0 saturated carbocycles. The van der Waals surface area contributed by atoms with Gasteiger partial charge < -0.3 is 9.84 Å². The monoisotopic (exact) mass is 341 g/mol. The Labute approximate surface area is 144 Å². The van der Waals surface area contributed by atoms with Gasteiger partial charge in [-0.15, -0.1) is 0 Å². The van der Waals surface area contributed by atoms with Crippen LogP contribution in [0.2, 0.25) is 0 Å². The average Bonchev–Trinajstić information content (AvgIpc) is 3.15. The van der Waals surface area contributed by atoms with Crippen molar-refractivity contribution in [2.45, 2.75) is 19.5 Å². The van der Waals surface area contributed by atoms with Gasteiger partial charge in [-0.2, -0.15) is 4.98 Å². The van der Waals surface area contributed by atoms with Crippen LogP contribution in [0.3, 0.4) is 0 Å². The van der Waals surface area contributed by atoms with Gasteiger partial charge in [0.25, 0.3) is 11.8 Å². The first-order valence-electron chi connectivity index (χ1n) is 8.25. The van der Waals surface area contributed by atoms with Crippen LogP contribution in [0.1, 0.15) is 44.0 Å². The number of carbonyl (C=O) groups excluding carboxylic acids is 2. The number of hydrogen-bond donors (Lipinski definition) is 1. The molecule has 2 aliphatic heterocycles. The number of likely N-dealkylation sites (N-methyl/N-ethyl adjacent to an activating group) is 1. The fourth-order valence-electron chi connectivity index (χ4n) is 3.25. The van der Waals surface area contributed by atoms with E-state index in [2.05, 4.69) is 20.4 Å². The number of nitrogens with one attached hydrogen (secondary N) is 1. The van der Waals surface area contributed by atoms with Crippen molar-refractivity contribution in [3.05, 3.63) is 46.6 Å². The number of hydrogen-bond acceptors (Lipinski definition) is 7. The normalized spacial score (nSPS) is 21.0. The van der Waals surface area contributed by atoms with Crippen LogP contribution in [0.25, 0.3) is 0 Å². The standard InChI is InChI=1S/C17H19N5O3/c1-10-3-4-11-12(7-10)17(24)22(16(11)23)9-14-19-15(20-25-14)13-8-18-5-6-21(13)2/h3-4,7,13,18H,5-6,8-9H2,1-2H3. The molecule has 8 nitrogen and oxygen atoms in total. The summed E-state index contributed by atoms with van der Waals surface area (Å²) in [5.74, 6) is 0.188. The molecule has 1 saturated heterocycles. The Morgan fingerprint density at radius 3 is 2.88 bits per heavy atom. The number of benzene rings is 1. The predicted molar refractivity (Wildman–Crippen MR) is 87.9 cm³/mol. The van der Waals surface area contributed by atoms with Gasteiger partial charge in [0, 0.05) is 19.6 Å². The van der Waals surface area contributed by atoms with E-state index >= 15 is 0 Å². The second-order valence-corrected chi connectivity index (χ2v) is 6.49. The maximum Gasteiger partial charge on any atom is 0.262 e. The minimum atomic E-state index is -0.323. The van der Waals surface area contributed by atoms with Crippen LogP contribution in [0.4, 0.5) is 0 Å². The van der Waals surface area contributed by atoms with Crippen LogP contribution in [0.15, 0.2) is 22.7 Å². The van der Waals surface area contributed by atoms with Gasteiger partial charge in [-0.3, -0.25) is 19.4 Å². The summed E-state index contributed by atoms with van der Waals surface area (Å²) in [6, 6.07) is 5.27. The SMILES string of the molecule is Cc1ccc2c(c1)C(=O)N(Cc1nc(C3CNCCN3C)no1)C2=O. The molecule has 1 unspecified atom stereocenters. The van der Waals surface area contributed by atoms with Crippen LogP contribution in [-0.2, 0) is 6.54 Å². The third-order valence-electron chi connectivity index (χ3n) is 4.71. The maximum atomic E-state index is 12.5. The van der Waals surface area contributed by atoms with Crippen molar-refractivity contribution >= 4 is 11.8 Å². The van der Waals surface area contributed by atoms with Gasteiger partial charge in [-0.05, 0) is 26.1 Å². The minimum absolute atomic E-state index is 0.0116. The second kappa shape index (κ2) is 6.05. The number of fused-ring (bicyclic) bond motifs is 1. The van der Waals surface area contributed by atoms with Gasteiger partial charge in [-0.1, -0.05) is 16.8 Å². The molecule has 130 valence electrons. The summed E-state index contributed by atoms with van der Waals surface area (Å²) >= 11 is 0. The zero-order chi connectivity index (χ0) is 17.6. The van der Waals surface area contributed by atoms with Gasteiger partial charge in [0.15, 0.2) is 5.82 Å². The van der Waals surface area contributed by atoms with E-state index < -0.39 is 0 Å². The minimum Gasteiger partial charge on any atom is -0.337 e. The first-order chi connectivity index (χ1) is 12.0. The Morgan fingerprint density at radius 2 is 2.08 bits per heavy atom. The highest BCUT2D eigenvalue weighted by Gasteiger charge is 2.37. The molecule has 1 N–H and O–H groups in total. The smallest absolute Gasteiger partial charge is 0.262 e. The summed E-state index contributed by atoms with van der Waals surface area (Å²) in [4.78, 5) is 32.7. The molecule has 2 aromatic rings. The average molecular weight is 341 g/mol. The van der Waals surface area contributed by atoms with Crippen molar-refractivity contribution in [1.82, 2.24) is 25.3 Å². The molecule has 2 amide bonds. The number of imide groups is 1. The Kier molecular flexibility index (Phi) is 3.85. The Bertz CT molecular complexity index is 847. The lowest BCUT2D eigenvalue weighted by Gasteiger charge is -2.30. The molecular weight excluding hydrogens is 322 g/mol. The van der Waals surface area contributed by atoms with E-state index in [0.29, 0.717) is 17.0 Å². The molecular formula is C17H19N5O3. The van der Waals surface area contributed by atoms with E-state index in [4.69, 9.17) is 4.52 Å². The summed E-state index contributed by atoms with van der Waals surface area (Å²) < 4.78 is 5.29. The quantitative estimate of drug-likeness (QED) is 0.824. The van der Waals surface area contributed by atoms with Gasteiger partial charge in [0.2, 0.25) is 5.89 Å². The van der Waals surface area contributed by atoms with E-state index in [1.807, 2.05) is 20.0 Å². The van der Waals surface area contributed by atoms with Gasteiger partial charge in [0.05, 0.1) is 17.2 Å². The molecule has 1 aromatic carbocycles. The predicted octanol–water partition coefficient (Wildman–Crippen LogP) is 0.750. The van der Waals surface area contributed by atoms with Crippen molar-refractivity contribution in [3.63, 3.8) is 0 Å². The molecule has 1 atom stereocenters. The third-order valence-corrected chi connectivity index (χ3v) is 4.71. The Morgan fingerprint density at radius 1 is 1.28 bits per heavy atom. The van der Waals surface area contributed by atoms with Crippen LogP contribution in [-0.4, -0.2) is 58.4 Å². The first kappa shape index (κ1) is 15.9. The summed E-state index contributed by atoms with van der Waals surface area (Å²) in [5, 5.41) is 7.32. The fraction of sp³-hybridized carbons (Fsp3) is 0.412. The molecule has 3 heterocycles. The van der Waals surface area contributed by atoms with E-state index in [0.717, 1.165) is 30.1 Å². The second-order valence-electron chi connectivity index (χ2n) is 6.49. The fourth-order valence-corrected chi connectivity index (χ4v) is 3.25. The van der Waals surface area contributed by atoms with Crippen LogP contribution >= 0.6 is 0 Å². The van der Waals surface area contributed by atoms with Crippen LogP contribution in [0.5, 0.6) is 0 Å². The third kappa shape index (κ3) is 2.73. The van der Waals surface area contributed by atoms with E-state index in [1.165, 1.54) is 0 Å². The molecule has 0 radical (unpaired) electrons. The number of aryl methyl sites for hydroxylation is 1. The highest BCUT2D eigenvalue weighted by Crippen LogP contribution is 2.26. The van der Waals surface area contributed by atoms with Crippen molar-refractivity contribution < 1.29 is 14.1 Å². The molecule has 1 aromatic heterocycles. The molecule has 1 fully saturated rings. The summed E-state index contributed by atoms with van der Waals surface area (Å²) in [6.07, 6.45) is 0. The Balaban J connectivity index is 1.54. The highest BCUT2D eigenvalue weighted by atomic mass is 16.5. The topological polar surface area (TPSA) is 91.6 Å². The summed E-state index contributed by atoms with van der Waals surface area (Å²) in [7, 11) is 2.01. The number of aromatic nitrogens is 2.